The van der Waals surface area contributed by atoms with E-state index in [0.29, 0.717) is 0 Å². The highest BCUT2D eigenvalue weighted by molar-refractivity contribution is 5.88. The first-order valence-electron chi connectivity index (χ1n) is 5.53. The SMILES string of the molecule is Cc1ccc2c(c1)C(C(=O)N(C)C)CN2C. The van der Waals surface area contributed by atoms with Crippen molar-refractivity contribution in [3.8, 4) is 0 Å². The first-order chi connectivity index (χ1) is 7.50. The number of carbonyl (C=O) groups is 1. The third-order valence-electron chi connectivity index (χ3n) is 3.16. The van der Waals surface area contributed by atoms with Crippen molar-refractivity contribution in [3.63, 3.8) is 0 Å². The van der Waals surface area contributed by atoms with Gasteiger partial charge in [0.25, 0.3) is 0 Å². The minimum atomic E-state index is -0.00472. The lowest BCUT2D eigenvalue weighted by atomic mass is 9.98. The molecule has 1 aromatic rings. The molecule has 3 nitrogen and oxygen atoms in total. The molecule has 1 heterocycles. The lowest BCUT2D eigenvalue weighted by molar-refractivity contribution is -0.129. The number of anilines is 1. The summed E-state index contributed by atoms with van der Waals surface area (Å²) >= 11 is 0. The van der Waals surface area contributed by atoms with Crippen LogP contribution in [0.15, 0.2) is 18.2 Å². The predicted molar refractivity (Wildman–Crippen MR) is 65.9 cm³/mol. The summed E-state index contributed by atoms with van der Waals surface area (Å²) in [5.41, 5.74) is 3.57. The van der Waals surface area contributed by atoms with Gasteiger partial charge in [0.15, 0.2) is 0 Å². The number of aryl methyl sites for hydroxylation is 1. The molecule has 0 spiro atoms. The lowest BCUT2D eigenvalue weighted by Gasteiger charge is -2.16. The Morgan fingerprint density at radius 2 is 2.12 bits per heavy atom. The molecule has 1 amide bonds. The summed E-state index contributed by atoms with van der Waals surface area (Å²) < 4.78 is 0. The van der Waals surface area contributed by atoms with Crippen LogP contribution in [0.25, 0.3) is 0 Å². The lowest BCUT2D eigenvalue weighted by Crippen LogP contribution is -2.30. The van der Waals surface area contributed by atoms with E-state index in [-0.39, 0.29) is 11.8 Å². The number of nitrogens with zero attached hydrogens (tertiary/aromatic N) is 2. The number of likely N-dealkylation sites (N-methyl/N-ethyl adjacent to an activating group) is 2. The monoisotopic (exact) mass is 218 g/mol. The van der Waals surface area contributed by atoms with Gasteiger partial charge in [-0.3, -0.25) is 4.79 Å². The first-order valence-corrected chi connectivity index (χ1v) is 5.53. The number of benzene rings is 1. The van der Waals surface area contributed by atoms with Gasteiger partial charge in [-0.1, -0.05) is 17.7 Å². The van der Waals surface area contributed by atoms with Gasteiger partial charge in [-0.2, -0.15) is 0 Å². The van der Waals surface area contributed by atoms with E-state index < -0.39 is 0 Å². The van der Waals surface area contributed by atoms with E-state index in [4.69, 9.17) is 0 Å². The average Bonchev–Trinajstić information content (AvgIpc) is 2.54. The maximum absolute atomic E-state index is 12.1. The normalized spacial score (nSPS) is 18.5. The zero-order valence-electron chi connectivity index (χ0n) is 10.3. The van der Waals surface area contributed by atoms with Gasteiger partial charge >= 0.3 is 0 Å². The summed E-state index contributed by atoms with van der Waals surface area (Å²) in [6, 6.07) is 6.33. The zero-order valence-corrected chi connectivity index (χ0v) is 10.3. The van der Waals surface area contributed by atoms with Crippen molar-refractivity contribution in [2.45, 2.75) is 12.8 Å². The van der Waals surface area contributed by atoms with Crippen LogP contribution in [0.4, 0.5) is 5.69 Å². The Balaban J connectivity index is 2.41. The molecule has 0 radical (unpaired) electrons. The smallest absolute Gasteiger partial charge is 0.231 e. The first kappa shape index (κ1) is 11.0. The Bertz CT molecular complexity index is 426. The third-order valence-corrected chi connectivity index (χ3v) is 3.16. The predicted octanol–water partition coefficient (Wildman–Crippen LogP) is 1.62. The minimum Gasteiger partial charge on any atom is -0.373 e. The Morgan fingerprint density at radius 1 is 1.44 bits per heavy atom. The fraction of sp³-hybridized carbons (Fsp3) is 0.462. The summed E-state index contributed by atoms with van der Waals surface area (Å²) in [4.78, 5) is 15.9. The molecule has 0 aliphatic carbocycles. The Morgan fingerprint density at radius 3 is 2.75 bits per heavy atom. The standard InChI is InChI=1S/C13H18N2O/c1-9-5-6-12-10(7-9)11(8-15(12)4)13(16)14(2)3/h5-7,11H,8H2,1-4H3. The van der Waals surface area contributed by atoms with E-state index in [2.05, 4.69) is 30.0 Å². The molecule has 86 valence electrons. The molecule has 3 heteroatoms. The summed E-state index contributed by atoms with van der Waals surface area (Å²) in [5.74, 6) is 0.186. The minimum absolute atomic E-state index is 0.00472. The Labute approximate surface area is 96.7 Å². The fourth-order valence-electron chi connectivity index (χ4n) is 2.29. The van der Waals surface area contributed by atoms with E-state index in [0.717, 1.165) is 6.54 Å². The van der Waals surface area contributed by atoms with E-state index in [9.17, 15) is 4.79 Å². The Kier molecular flexibility index (Phi) is 2.62. The number of fused-ring (bicyclic) bond motifs is 1. The van der Waals surface area contributed by atoms with Crippen LogP contribution in [-0.2, 0) is 4.79 Å². The second-order valence-corrected chi connectivity index (χ2v) is 4.73. The highest BCUT2D eigenvalue weighted by atomic mass is 16.2. The van der Waals surface area contributed by atoms with Crippen molar-refractivity contribution in [2.24, 2.45) is 0 Å². The quantitative estimate of drug-likeness (QED) is 0.715. The number of amides is 1. The van der Waals surface area contributed by atoms with Crippen molar-refractivity contribution in [1.82, 2.24) is 4.90 Å². The molecule has 1 aliphatic rings. The molecule has 1 aliphatic heterocycles. The molecule has 0 aromatic heterocycles. The number of hydrogen-bond acceptors (Lipinski definition) is 2. The highest BCUT2D eigenvalue weighted by Gasteiger charge is 2.32. The van der Waals surface area contributed by atoms with Gasteiger partial charge < -0.3 is 9.80 Å². The van der Waals surface area contributed by atoms with Gasteiger partial charge in [0, 0.05) is 33.4 Å². The van der Waals surface area contributed by atoms with Crippen molar-refractivity contribution in [3.05, 3.63) is 29.3 Å². The largest absolute Gasteiger partial charge is 0.373 e. The van der Waals surface area contributed by atoms with Crippen LogP contribution in [0.3, 0.4) is 0 Å². The second kappa shape index (κ2) is 3.81. The summed E-state index contributed by atoms with van der Waals surface area (Å²) in [6.07, 6.45) is 0. The summed E-state index contributed by atoms with van der Waals surface area (Å²) in [5, 5.41) is 0. The van der Waals surface area contributed by atoms with E-state index in [1.54, 1.807) is 4.90 Å². The van der Waals surface area contributed by atoms with Crippen molar-refractivity contribution < 1.29 is 4.79 Å². The van der Waals surface area contributed by atoms with Gasteiger partial charge in [0.1, 0.15) is 0 Å². The second-order valence-electron chi connectivity index (χ2n) is 4.73. The van der Waals surface area contributed by atoms with Crippen LogP contribution in [-0.4, -0.2) is 38.5 Å². The van der Waals surface area contributed by atoms with Crippen molar-refractivity contribution >= 4 is 11.6 Å². The molecule has 0 bridgehead atoms. The number of rotatable bonds is 1. The van der Waals surface area contributed by atoms with Crippen LogP contribution in [0, 0.1) is 6.92 Å². The van der Waals surface area contributed by atoms with E-state index in [1.807, 2.05) is 21.1 Å². The van der Waals surface area contributed by atoms with E-state index in [1.165, 1.54) is 16.8 Å². The van der Waals surface area contributed by atoms with Crippen LogP contribution in [0.1, 0.15) is 17.0 Å². The molecule has 16 heavy (non-hydrogen) atoms. The van der Waals surface area contributed by atoms with Crippen molar-refractivity contribution in [1.29, 1.82) is 0 Å². The highest BCUT2D eigenvalue weighted by Crippen LogP contribution is 2.36. The van der Waals surface area contributed by atoms with Crippen LogP contribution < -0.4 is 4.90 Å². The topological polar surface area (TPSA) is 23.6 Å². The van der Waals surface area contributed by atoms with Gasteiger partial charge in [0.2, 0.25) is 5.91 Å². The summed E-state index contributed by atoms with van der Waals surface area (Å²) in [6.45, 7) is 2.85. The number of carbonyl (C=O) groups excluding carboxylic acids is 1. The maximum atomic E-state index is 12.1. The van der Waals surface area contributed by atoms with Gasteiger partial charge in [0.05, 0.1) is 5.92 Å². The maximum Gasteiger partial charge on any atom is 0.231 e. The third kappa shape index (κ3) is 1.66. The molecule has 1 atom stereocenters. The molecular formula is C13H18N2O. The van der Waals surface area contributed by atoms with Crippen molar-refractivity contribution in [2.75, 3.05) is 32.6 Å². The van der Waals surface area contributed by atoms with Crippen LogP contribution in [0.2, 0.25) is 0 Å². The molecule has 1 aromatic carbocycles. The molecule has 0 fully saturated rings. The fourth-order valence-corrected chi connectivity index (χ4v) is 2.29. The average molecular weight is 218 g/mol. The zero-order chi connectivity index (χ0) is 11.9. The molecular weight excluding hydrogens is 200 g/mol. The Hall–Kier alpha value is -1.51. The van der Waals surface area contributed by atoms with Crippen LogP contribution >= 0.6 is 0 Å². The van der Waals surface area contributed by atoms with Crippen LogP contribution in [0.5, 0.6) is 0 Å². The molecule has 0 saturated carbocycles. The van der Waals surface area contributed by atoms with E-state index >= 15 is 0 Å². The summed E-state index contributed by atoms with van der Waals surface area (Å²) in [7, 11) is 5.67. The molecule has 0 N–H and O–H groups in total. The van der Waals surface area contributed by atoms with Gasteiger partial charge in [-0.05, 0) is 18.6 Å². The van der Waals surface area contributed by atoms with Gasteiger partial charge in [-0.25, -0.2) is 0 Å². The molecule has 0 saturated heterocycles. The number of hydrogen-bond donors (Lipinski definition) is 0. The van der Waals surface area contributed by atoms with Gasteiger partial charge in [-0.15, -0.1) is 0 Å². The molecule has 2 rings (SSSR count). The molecule has 1 unspecified atom stereocenters.